The SMILES string of the molecule is CN(C)CC=CC(=O)N[C@@H]1CC[C@@H](Oc2ccccc2)[C@@H]1O. The fourth-order valence-corrected chi connectivity index (χ4v) is 2.51. The first-order chi connectivity index (χ1) is 10.6. The number of hydrogen-bond donors (Lipinski definition) is 2. The van der Waals surface area contributed by atoms with Gasteiger partial charge in [-0.15, -0.1) is 0 Å². The Morgan fingerprint density at radius 3 is 2.77 bits per heavy atom. The molecule has 1 aliphatic carbocycles. The van der Waals surface area contributed by atoms with Gasteiger partial charge < -0.3 is 20.1 Å². The second-order valence-corrected chi connectivity index (χ2v) is 5.82. The third kappa shape index (κ3) is 4.86. The molecular weight excluding hydrogens is 280 g/mol. The highest BCUT2D eigenvalue weighted by atomic mass is 16.5. The van der Waals surface area contributed by atoms with Gasteiger partial charge >= 0.3 is 0 Å². The summed E-state index contributed by atoms with van der Waals surface area (Å²) in [4.78, 5) is 13.8. The van der Waals surface area contributed by atoms with Crippen molar-refractivity contribution in [2.75, 3.05) is 20.6 Å². The van der Waals surface area contributed by atoms with E-state index in [0.717, 1.165) is 12.2 Å². The van der Waals surface area contributed by atoms with Crippen molar-refractivity contribution in [2.24, 2.45) is 0 Å². The van der Waals surface area contributed by atoms with Gasteiger partial charge in [0.05, 0.1) is 6.04 Å². The minimum Gasteiger partial charge on any atom is -0.488 e. The number of likely N-dealkylation sites (N-methyl/N-ethyl adjacent to an activating group) is 1. The number of aliphatic hydroxyl groups is 1. The van der Waals surface area contributed by atoms with Gasteiger partial charge in [-0.2, -0.15) is 0 Å². The number of carbonyl (C=O) groups excluding carboxylic acids is 1. The maximum Gasteiger partial charge on any atom is 0.244 e. The fourth-order valence-electron chi connectivity index (χ4n) is 2.51. The van der Waals surface area contributed by atoms with Crippen LogP contribution in [0.1, 0.15) is 12.8 Å². The van der Waals surface area contributed by atoms with E-state index in [1.807, 2.05) is 49.3 Å². The van der Waals surface area contributed by atoms with Crippen LogP contribution < -0.4 is 10.1 Å². The van der Waals surface area contributed by atoms with Crippen molar-refractivity contribution in [3.8, 4) is 5.75 Å². The van der Waals surface area contributed by atoms with Gasteiger partial charge in [-0.3, -0.25) is 4.79 Å². The molecule has 0 aliphatic heterocycles. The highest BCUT2D eigenvalue weighted by molar-refractivity contribution is 5.87. The standard InChI is InChI=1S/C17H24N2O3/c1-19(2)12-6-9-16(20)18-14-10-11-15(17(14)21)22-13-7-4-3-5-8-13/h3-9,14-15,17,21H,10-12H2,1-2H3,(H,18,20)/t14-,15-,17-/m1/s1. The molecule has 0 bridgehead atoms. The average Bonchev–Trinajstić information content (AvgIpc) is 2.81. The van der Waals surface area contributed by atoms with E-state index in [-0.39, 0.29) is 18.1 Å². The zero-order chi connectivity index (χ0) is 15.9. The number of hydrogen-bond acceptors (Lipinski definition) is 4. The summed E-state index contributed by atoms with van der Waals surface area (Å²) in [6, 6.07) is 9.17. The Kier molecular flexibility index (Phi) is 5.98. The molecule has 2 N–H and O–H groups in total. The molecule has 1 fully saturated rings. The van der Waals surface area contributed by atoms with Crippen LogP contribution in [0.25, 0.3) is 0 Å². The van der Waals surface area contributed by atoms with Crippen LogP contribution in [0.5, 0.6) is 5.75 Å². The molecule has 0 heterocycles. The smallest absolute Gasteiger partial charge is 0.244 e. The molecule has 5 nitrogen and oxygen atoms in total. The first-order valence-electron chi connectivity index (χ1n) is 7.58. The Labute approximate surface area is 131 Å². The normalized spacial score (nSPS) is 24.8. The number of aliphatic hydroxyl groups excluding tert-OH is 1. The topological polar surface area (TPSA) is 61.8 Å². The molecule has 0 spiro atoms. The van der Waals surface area contributed by atoms with E-state index in [0.29, 0.717) is 13.0 Å². The van der Waals surface area contributed by atoms with Gasteiger partial charge in [-0.1, -0.05) is 24.3 Å². The Hall–Kier alpha value is -1.85. The predicted octanol–water partition coefficient (Wildman–Crippen LogP) is 1.19. The predicted molar refractivity (Wildman–Crippen MR) is 85.7 cm³/mol. The minimum atomic E-state index is -0.689. The van der Waals surface area contributed by atoms with Crippen molar-refractivity contribution in [1.29, 1.82) is 0 Å². The Morgan fingerprint density at radius 1 is 1.36 bits per heavy atom. The fraction of sp³-hybridized carbons (Fsp3) is 0.471. The van der Waals surface area contributed by atoms with Crippen LogP contribution in [0.3, 0.4) is 0 Å². The molecule has 0 radical (unpaired) electrons. The van der Waals surface area contributed by atoms with Gasteiger partial charge in [0.1, 0.15) is 18.0 Å². The van der Waals surface area contributed by atoms with Crippen LogP contribution in [0.2, 0.25) is 0 Å². The van der Waals surface area contributed by atoms with Gasteiger partial charge in [-0.05, 0) is 39.1 Å². The molecule has 0 saturated heterocycles. The number of benzene rings is 1. The Morgan fingerprint density at radius 2 is 2.09 bits per heavy atom. The highest BCUT2D eigenvalue weighted by Gasteiger charge is 2.36. The third-order valence-electron chi connectivity index (χ3n) is 3.65. The molecule has 2 rings (SSSR count). The van der Waals surface area contributed by atoms with Gasteiger partial charge in [0.25, 0.3) is 0 Å². The molecule has 0 aromatic heterocycles. The quantitative estimate of drug-likeness (QED) is 0.775. The van der Waals surface area contributed by atoms with E-state index in [1.54, 1.807) is 6.08 Å². The van der Waals surface area contributed by atoms with Crippen LogP contribution >= 0.6 is 0 Å². The van der Waals surface area contributed by atoms with Crippen molar-refractivity contribution < 1.29 is 14.6 Å². The summed E-state index contributed by atoms with van der Waals surface area (Å²) in [5.74, 6) is 0.565. The van der Waals surface area contributed by atoms with Gasteiger partial charge in [0.15, 0.2) is 0 Å². The molecular formula is C17H24N2O3. The lowest BCUT2D eigenvalue weighted by Crippen LogP contribution is -2.43. The van der Waals surface area contributed by atoms with Crippen molar-refractivity contribution in [3.63, 3.8) is 0 Å². The Bertz CT molecular complexity index is 502. The molecule has 120 valence electrons. The van der Waals surface area contributed by atoms with E-state index in [1.165, 1.54) is 6.08 Å². The molecule has 1 amide bonds. The van der Waals surface area contributed by atoms with Crippen molar-refractivity contribution >= 4 is 5.91 Å². The molecule has 1 aromatic rings. The van der Waals surface area contributed by atoms with Gasteiger partial charge in [0.2, 0.25) is 5.91 Å². The summed E-state index contributed by atoms with van der Waals surface area (Å²) in [7, 11) is 3.88. The van der Waals surface area contributed by atoms with Crippen LogP contribution in [0.15, 0.2) is 42.5 Å². The monoisotopic (exact) mass is 304 g/mol. The molecule has 1 aromatic carbocycles. The lowest BCUT2D eigenvalue weighted by molar-refractivity contribution is -0.118. The van der Waals surface area contributed by atoms with E-state index in [2.05, 4.69) is 5.32 Å². The first-order valence-corrected chi connectivity index (χ1v) is 7.58. The molecule has 5 heteroatoms. The number of ether oxygens (including phenoxy) is 1. The summed E-state index contributed by atoms with van der Waals surface area (Å²) in [5.41, 5.74) is 0. The maximum atomic E-state index is 11.8. The number of amides is 1. The number of nitrogens with one attached hydrogen (secondary N) is 1. The number of para-hydroxylation sites is 1. The van der Waals surface area contributed by atoms with Crippen LogP contribution in [0, 0.1) is 0 Å². The van der Waals surface area contributed by atoms with E-state index in [9.17, 15) is 9.90 Å². The summed E-state index contributed by atoms with van der Waals surface area (Å²) >= 11 is 0. The van der Waals surface area contributed by atoms with E-state index < -0.39 is 6.10 Å². The second-order valence-electron chi connectivity index (χ2n) is 5.82. The minimum absolute atomic E-state index is 0.175. The van der Waals surface area contributed by atoms with Crippen LogP contribution in [-0.4, -0.2) is 54.8 Å². The lowest BCUT2D eigenvalue weighted by Gasteiger charge is -2.21. The molecule has 1 aliphatic rings. The molecule has 3 atom stereocenters. The van der Waals surface area contributed by atoms with Gasteiger partial charge in [-0.25, -0.2) is 0 Å². The van der Waals surface area contributed by atoms with E-state index in [4.69, 9.17) is 4.74 Å². The van der Waals surface area contributed by atoms with Gasteiger partial charge in [0, 0.05) is 12.6 Å². The largest absolute Gasteiger partial charge is 0.488 e. The van der Waals surface area contributed by atoms with Crippen molar-refractivity contribution in [1.82, 2.24) is 10.2 Å². The lowest BCUT2D eigenvalue weighted by atomic mass is 10.2. The molecule has 22 heavy (non-hydrogen) atoms. The van der Waals surface area contributed by atoms with Crippen molar-refractivity contribution in [2.45, 2.75) is 31.1 Å². The first kappa shape index (κ1) is 16.5. The summed E-state index contributed by atoms with van der Waals surface area (Å²) in [6.45, 7) is 0.709. The summed E-state index contributed by atoms with van der Waals surface area (Å²) < 4.78 is 5.79. The number of nitrogens with zero attached hydrogens (tertiary/aromatic N) is 1. The van der Waals surface area contributed by atoms with Crippen LogP contribution in [0.4, 0.5) is 0 Å². The van der Waals surface area contributed by atoms with Crippen molar-refractivity contribution in [3.05, 3.63) is 42.5 Å². The summed E-state index contributed by atoms with van der Waals surface area (Å²) in [5, 5.41) is 13.1. The number of carbonyl (C=O) groups is 1. The van der Waals surface area contributed by atoms with E-state index >= 15 is 0 Å². The third-order valence-corrected chi connectivity index (χ3v) is 3.65. The zero-order valence-electron chi connectivity index (χ0n) is 13.1. The maximum absolute atomic E-state index is 11.8. The van der Waals surface area contributed by atoms with Crippen LogP contribution in [-0.2, 0) is 4.79 Å². The molecule has 1 saturated carbocycles. The second kappa shape index (κ2) is 7.96. The summed E-state index contributed by atoms with van der Waals surface area (Å²) in [6.07, 6.45) is 3.78. The Balaban J connectivity index is 1.82. The highest BCUT2D eigenvalue weighted by Crippen LogP contribution is 2.25. The number of rotatable bonds is 6. The zero-order valence-corrected chi connectivity index (χ0v) is 13.1. The molecule has 0 unspecified atom stereocenters. The average molecular weight is 304 g/mol.